The van der Waals surface area contributed by atoms with Crippen molar-refractivity contribution in [3.8, 4) is 0 Å². The molecule has 0 aliphatic carbocycles. The van der Waals surface area contributed by atoms with E-state index in [0.29, 0.717) is 17.3 Å². The van der Waals surface area contributed by atoms with Crippen LogP contribution in [0.4, 0.5) is 5.69 Å². The maximum Gasteiger partial charge on any atom is 0.282 e. The number of rotatable bonds is 3. The van der Waals surface area contributed by atoms with Gasteiger partial charge in [-0.1, -0.05) is 45.8 Å². The first-order chi connectivity index (χ1) is 12.6. The molecule has 26 heavy (non-hydrogen) atoms. The molecule has 128 valence electrons. The third-order valence-electron chi connectivity index (χ3n) is 4.08. The van der Waals surface area contributed by atoms with Crippen LogP contribution in [-0.2, 0) is 4.79 Å². The number of carbonyl (C=O) groups excluding carboxylic acids is 1. The lowest BCUT2D eigenvalue weighted by Gasteiger charge is -2.18. The standard InChI is InChI=1S/C21H15BrN2O2/c1-14-4-6-15(7-5-14)20-23-19(13-18-3-2-12-26-18)21(25)24(20)17-10-8-16(22)9-11-17/h2-13H,1H3/b19-13+. The van der Waals surface area contributed by atoms with E-state index >= 15 is 0 Å². The second kappa shape index (κ2) is 6.77. The molecule has 4 nitrogen and oxygen atoms in total. The predicted molar refractivity (Wildman–Crippen MR) is 106 cm³/mol. The van der Waals surface area contributed by atoms with E-state index in [1.165, 1.54) is 0 Å². The van der Waals surface area contributed by atoms with Gasteiger partial charge in [0, 0.05) is 16.1 Å². The number of halogens is 1. The lowest BCUT2D eigenvalue weighted by atomic mass is 10.1. The molecule has 3 aromatic rings. The van der Waals surface area contributed by atoms with E-state index in [9.17, 15) is 4.79 Å². The molecule has 0 atom stereocenters. The van der Waals surface area contributed by atoms with E-state index in [0.717, 1.165) is 21.3 Å². The van der Waals surface area contributed by atoms with Gasteiger partial charge < -0.3 is 4.42 Å². The van der Waals surface area contributed by atoms with Crippen LogP contribution in [0.1, 0.15) is 16.9 Å². The van der Waals surface area contributed by atoms with Gasteiger partial charge in [-0.05, 0) is 43.3 Å². The maximum absolute atomic E-state index is 13.1. The fourth-order valence-corrected chi connectivity index (χ4v) is 3.02. The van der Waals surface area contributed by atoms with Gasteiger partial charge in [0.05, 0.1) is 12.0 Å². The van der Waals surface area contributed by atoms with Crippen molar-refractivity contribution in [3.05, 3.63) is 94.0 Å². The summed E-state index contributed by atoms with van der Waals surface area (Å²) >= 11 is 3.43. The first-order valence-electron chi connectivity index (χ1n) is 8.13. The highest BCUT2D eigenvalue weighted by Gasteiger charge is 2.32. The van der Waals surface area contributed by atoms with Crippen LogP contribution in [0.2, 0.25) is 0 Å². The Morgan fingerprint density at radius 3 is 2.42 bits per heavy atom. The van der Waals surface area contributed by atoms with Gasteiger partial charge in [-0.3, -0.25) is 9.69 Å². The molecule has 0 N–H and O–H groups in total. The molecule has 2 aromatic carbocycles. The van der Waals surface area contributed by atoms with Crippen molar-refractivity contribution in [1.29, 1.82) is 0 Å². The van der Waals surface area contributed by atoms with Crippen molar-refractivity contribution in [2.75, 3.05) is 4.90 Å². The summed E-state index contributed by atoms with van der Waals surface area (Å²) in [6.45, 7) is 2.03. The number of hydrogen-bond donors (Lipinski definition) is 0. The summed E-state index contributed by atoms with van der Waals surface area (Å²) < 4.78 is 6.29. The topological polar surface area (TPSA) is 45.8 Å². The molecular formula is C21H15BrN2O2. The van der Waals surface area contributed by atoms with Crippen molar-refractivity contribution in [1.82, 2.24) is 0 Å². The molecule has 0 saturated carbocycles. The van der Waals surface area contributed by atoms with E-state index in [1.807, 2.05) is 55.5 Å². The summed E-state index contributed by atoms with van der Waals surface area (Å²) in [6, 6.07) is 19.1. The van der Waals surface area contributed by atoms with E-state index < -0.39 is 0 Å². The van der Waals surface area contributed by atoms with E-state index in [2.05, 4.69) is 20.9 Å². The number of aryl methyl sites for hydroxylation is 1. The Kier molecular flexibility index (Phi) is 4.31. The molecule has 0 unspecified atom stereocenters. The molecule has 0 fully saturated rings. The Morgan fingerprint density at radius 1 is 1.04 bits per heavy atom. The zero-order valence-electron chi connectivity index (χ0n) is 14.0. The average Bonchev–Trinajstić information content (AvgIpc) is 3.26. The second-order valence-electron chi connectivity index (χ2n) is 5.96. The molecule has 0 radical (unpaired) electrons. The average molecular weight is 407 g/mol. The first-order valence-corrected chi connectivity index (χ1v) is 8.92. The molecule has 0 bridgehead atoms. The number of amides is 1. The van der Waals surface area contributed by atoms with Gasteiger partial charge in [0.1, 0.15) is 17.3 Å². The molecule has 2 heterocycles. The summed E-state index contributed by atoms with van der Waals surface area (Å²) in [6.07, 6.45) is 3.23. The molecular weight excluding hydrogens is 392 g/mol. The van der Waals surface area contributed by atoms with Gasteiger partial charge in [-0.25, -0.2) is 4.99 Å². The number of anilines is 1. The molecule has 1 amide bonds. The Morgan fingerprint density at radius 2 is 1.77 bits per heavy atom. The van der Waals surface area contributed by atoms with Crippen LogP contribution in [0.25, 0.3) is 6.08 Å². The normalized spacial score (nSPS) is 15.6. The molecule has 1 aliphatic heterocycles. The summed E-state index contributed by atoms with van der Waals surface area (Å²) in [5.74, 6) is 1.02. The van der Waals surface area contributed by atoms with Gasteiger partial charge >= 0.3 is 0 Å². The van der Waals surface area contributed by atoms with E-state index in [4.69, 9.17) is 4.42 Å². The van der Waals surface area contributed by atoms with Crippen molar-refractivity contribution >= 4 is 39.4 Å². The Balaban J connectivity index is 1.82. The van der Waals surface area contributed by atoms with Crippen LogP contribution in [0, 0.1) is 6.92 Å². The third kappa shape index (κ3) is 3.13. The van der Waals surface area contributed by atoms with Crippen molar-refractivity contribution in [2.24, 2.45) is 4.99 Å². The van der Waals surface area contributed by atoms with Crippen LogP contribution >= 0.6 is 15.9 Å². The van der Waals surface area contributed by atoms with Crippen LogP contribution < -0.4 is 4.90 Å². The highest BCUT2D eigenvalue weighted by molar-refractivity contribution is 9.10. The van der Waals surface area contributed by atoms with Gasteiger partial charge in [0.15, 0.2) is 0 Å². The van der Waals surface area contributed by atoms with Gasteiger partial charge in [0.2, 0.25) is 0 Å². The number of benzene rings is 2. The molecule has 1 aromatic heterocycles. The monoisotopic (exact) mass is 406 g/mol. The van der Waals surface area contributed by atoms with Crippen LogP contribution in [0.5, 0.6) is 0 Å². The molecule has 0 saturated heterocycles. The first kappa shape index (κ1) is 16.5. The fraction of sp³-hybridized carbons (Fsp3) is 0.0476. The highest BCUT2D eigenvalue weighted by atomic mass is 79.9. The number of hydrogen-bond acceptors (Lipinski definition) is 3. The number of amidine groups is 1. The third-order valence-corrected chi connectivity index (χ3v) is 4.61. The molecule has 4 rings (SSSR count). The molecule has 5 heteroatoms. The number of nitrogens with zero attached hydrogens (tertiary/aromatic N) is 2. The number of aliphatic imine (C=N–C) groups is 1. The Hall–Kier alpha value is -2.92. The van der Waals surface area contributed by atoms with E-state index in [-0.39, 0.29) is 5.91 Å². The fourth-order valence-electron chi connectivity index (χ4n) is 2.75. The maximum atomic E-state index is 13.1. The van der Waals surface area contributed by atoms with Crippen LogP contribution in [0.15, 0.2) is 86.5 Å². The largest absolute Gasteiger partial charge is 0.465 e. The number of furan rings is 1. The second-order valence-corrected chi connectivity index (χ2v) is 6.88. The van der Waals surface area contributed by atoms with Crippen molar-refractivity contribution < 1.29 is 9.21 Å². The Labute approximate surface area is 159 Å². The summed E-state index contributed by atoms with van der Waals surface area (Å²) in [5, 5.41) is 0. The summed E-state index contributed by atoms with van der Waals surface area (Å²) in [4.78, 5) is 19.3. The number of carbonyl (C=O) groups is 1. The van der Waals surface area contributed by atoms with Crippen molar-refractivity contribution in [2.45, 2.75) is 6.92 Å². The highest BCUT2D eigenvalue weighted by Crippen LogP contribution is 2.29. The summed E-state index contributed by atoms with van der Waals surface area (Å²) in [5.41, 5.74) is 3.15. The van der Waals surface area contributed by atoms with Crippen LogP contribution in [0.3, 0.4) is 0 Å². The minimum absolute atomic E-state index is 0.181. The lowest BCUT2D eigenvalue weighted by molar-refractivity contribution is -0.113. The van der Waals surface area contributed by atoms with Gasteiger partial charge in [-0.15, -0.1) is 0 Å². The van der Waals surface area contributed by atoms with Crippen LogP contribution in [-0.4, -0.2) is 11.7 Å². The van der Waals surface area contributed by atoms with Gasteiger partial charge in [0.25, 0.3) is 5.91 Å². The molecule has 0 spiro atoms. The van der Waals surface area contributed by atoms with Gasteiger partial charge in [-0.2, -0.15) is 0 Å². The minimum atomic E-state index is -0.181. The molecule has 1 aliphatic rings. The minimum Gasteiger partial charge on any atom is -0.465 e. The smallest absolute Gasteiger partial charge is 0.282 e. The Bertz CT molecular complexity index is 1000. The SMILES string of the molecule is Cc1ccc(C2=N/C(=C/c3ccco3)C(=O)N2c2ccc(Br)cc2)cc1. The zero-order chi connectivity index (χ0) is 18.1. The zero-order valence-corrected chi connectivity index (χ0v) is 15.6. The van der Waals surface area contributed by atoms with E-state index in [1.54, 1.807) is 29.4 Å². The quantitative estimate of drug-likeness (QED) is 0.562. The van der Waals surface area contributed by atoms with Crippen molar-refractivity contribution in [3.63, 3.8) is 0 Å². The lowest BCUT2D eigenvalue weighted by Crippen LogP contribution is -2.32. The predicted octanol–water partition coefficient (Wildman–Crippen LogP) is 5.19. The summed E-state index contributed by atoms with van der Waals surface area (Å²) in [7, 11) is 0.